The molecule has 0 bridgehead atoms. The number of rotatable bonds is 5. The van der Waals surface area contributed by atoms with Crippen molar-refractivity contribution in [2.24, 2.45) is 0 Å². The minimum absolute atomic E-state index is 0.0189. The van der Waals surface area contributed by atoms with E-state index >= 15 is 0 Å². The van der Waals surface area contributed by atoms with E-state index < -0.39 is 17.6 Å². The number of nitrogens with two attached hydrogens (primary N) is 1. The molecule has 104 valence electrons. The summed E-state index contributed by atoms with van der Waals surface area (Å²) < 4.78 is 4.63. The van der Waals surface area contributed by atoms with Crippen LogP contribution < -0.4 is 21.9 Å². The lowest BCUT2D eigenvalue weighted by molar-refractivity contribution is -0.141. The number of carbonyl (C=O) groups is 2. The molecule has 0 aliphatic rings. The fourth-order valence-corrected chi connectivity index (χ4v) is 1.20. The summed E-state index contributed by atoms with van der Waals surface area (Å²) in [5.74, 6) is -0.253. The van der Waals surface area contributed by atoms with Crippen LogP contribution in [-0.2, 0) is 16.1 Å². The van der Waals surface area contributed by atoms with Gasteiger partial charge in [-0.1, -0.05) is 0 Å². The van der Waals surface area contributed by atoms with Crippen molar-refractivity contribution in [3.8, 4) is 0 Å². The van der Waals surface area contributed by atoms with E-state index in [9.17, 15) is 14.4 Å². The number of nitrogen functional groups attached to an aromatic ring is 1. The number of nitrogens with one attached hydrogen (secondary N) is 3. The molecule has 5 N–H and O–H groups in total. The van der Waals surface area contributed by atoms with Crippen molar-refractivity contribution in [2.45, 2.75) is 13.5 Å². The number of nitrogens with zero attached hydrogens (tertiary/aromatic N) is 1. The molecule has 1 rings (SSSR count). The van der Waals surface area contributed by atoms with Gasteiger partial charge in [0.2, 0.25) is 0 Å². The Hall–Kier alpha value is -2.58. The van der Waals surface area contributed by atoms with Crippen LogP contribution in [0.3, 0.4) is 0 Å². The first kappa shape index (κ1) is 14.5. The Labute approximate surface area is 108 Å². The van der Waals surface area contributed by atoms with Crippen LogP contribution in [0.4, 0.5) is 10.6 Å². The van der Waals surface area contributed by atoms with Crippen LogP contribution in [0.15, 0.2) is 10.9 Å². The quantitative estimate of drug-likeness (QED) is 0.491. The number of carbonyl (C=O) groups excluding carboxylic acids is 2. The van der Waals surface area contributed by atoms with Gasteiger partial charge in [0.05, 0.1) is 13.2 Å². The lowest BCUT2D eigenvalue weighted by Gasteiger charge is -2.07. The van der Waals surface area contributed by atoms with Crippen LogP contribution in [0.25, 0.3) is 0 Å². The van der Waals surface area contributed by atoms with Crippen molar-refractivity contribution in [1.82, 2.24) is 20.6 Å². The molecule has 0 saturated carbocycles. The van der Waals surface area contributed by atoms with Gasteiger partial charge in [0.1, 0.15) is 18.2 Å². The van der Waals surface area contributed by atoms with Gasteiger partial charge < -0.3 is 26.1 Å². The van der Waals surface area contributed by atoms with Crippen LogP contribution in [-0.4, -0.2) is 35.1 Å². The van der Waals surface area contributed by atoms with Crippen molar-refractivity contribution in [2.75, 3.05) is 18.9 Å². The second kappa shape index (κ2) is 6.99. The van der Waals surface area contributed by atoms with Gasteiger partial charge in [-0.05, 0) is 6.92 Å². The summed E-state index contributed by atoms with van der Waals surface area (Å²) in [5, 5.41) is 4.70. The van der Waals surface area contributed by atoms with Gasteiger partial charge in [-0.3, -0.25) is 9.59 Å². The van der Waals surface area contributed by atoms with Gasteiger partial charge in [-0.25, -0.2) is 9.78 Å². The van der Waals surface area contributed by atoms with Crippen LogP contribution in [0.2, 0.25) is 0 Å². The number of esters is 1. The lowest BCUT2D eigenvalue weighted by atomic mass is 10.5. The van der Waals surface area contributed by atoms with Gasteiger partial charge >= 0.3 is 12.0 Å². The van der Waals surface area contributed by atoms with Gasteiger partial charge in [-0.2, -0.15) is 0 Å². The molecule has 1 aromatic rings. The predicted molar refractivity (Wildman–Crippen MR) is 66.1 cm³/mol. The molecule has 0 aliphatic carbocycles. The van der Waals surface area contributed by atoms with Crippen LogP contribution in [0.5, 0.6) is 0 Å². The van der Waals surface area contributed by atoms with E-state index in [-0.39, 0.29) is 31.3 Å². The molecule has 0 atom stereocenters. The summed E-state index contributed by atoms with van der Waals surface area (Å²) in [6.45, 7) is 1.66. The Morgan fingerprint density at radius 2 is 2.21 bits per heavy atom. The Bertz CT molecular complexity index is 513. The Morgan fingerprint density at radius 1 is 1.47 bits per heavy atom. The molecule has 0 fully saturated rings. The molecule has 0 spiro atoms. The number of amides is 2. The molecule has 0 radical (unpaired) electrons. The largest absolute Gasteiger partial charge is 0.465 e. The maximum atomic E-state index is 11.3. The fraction of sp³-hybridized carbons (Fsp3) is 0.400. The smallest absolute Gasteiger partial charge is 0.325 e. The molecule has 1 aromatic heterocycles. The highest BCUT2D eigenvalue weighted by Gasteiger charge is 2.06. The second-order valence-corrected chi connectivity index (χ2v) is 3.46. The highest BCUT2D eigenvalue weighted by Crippen LogP contribution is 1.91. The first-order valence-electron chi connectivity index (χ1n) is 5.54. The number of urea groups is 1. The van der Waals surface area contributed by atoms with Crippen LogP contribution >= 0.6 is 0 Å². The maximum absolute atomic E-state index is 11.3. The normalized spacial score (nSPS) is 9.74. The third-order valence-corrected chi connectivity index (χ3v) is 1.93. The molecule has 9 heteroatoms. The van der Waals surface area contributed by atoms with Crippen LogP contribution in [0.1, 0.15) is 12.7 Å². The molecule has 19 heavy (non-hydrogen) atoms. The second-order valence-electron chi connectivity index (χ2n) is 3.46. The van der Waals surface area contributed by atoms with Crippen molar-refractivity contribution >= 4 is 17.8 Å². The average Bonchev–Trinajstić information content (AvgIpc) is 2.33. The van der Waals surface area contributed by atoms with Crippen molar-refractivity contribution in [3.63, 3.8) is 0 Å². The summed E-state index contributed by atoms with van der Waals surface area (Å²) in [5.41, 5.74) is 4.97. The molecule has 9 nitrogen and oxygen atoms in total. The third-order valence-electron chi connectivity index (χ3n) is 1.93. The van der Waals surface area contributed by atoms with E-state index in [4.69, 9.17) is 5.73 Å². The number of hydrogen-bond donors (Lipinski definition) is 4. The molecule has 0 aromatic carbocycles. The summed E-state index contributed by atoms with van der Waals surface area (Å²) in [6.07, 6.45) is 0. The number of aromatic nitrogens is 2. The molecule has 0 aliphatic heterocycles. The van der Waals surface area contributed by atoms with E-state index in [0.717, 1.165) is 6.07 Å². The first-order chi connectivity index (χ1) is 9.01. The Balaban J connectivity index is 2.37. The number of hydrogen-bond acceptors (Lipinski definition) is 6. The van der Waals surface area contributed by atoms with E-state index in [0.29, 0.717) is 0 Å². The molecular formula is C10H15N5O4. The maximum Gasteiger partial charge on any atom is 0.325 e. The van der Waals surface area contributed by atoms with E-state index in [1.807, 2.05) is 0 Å². The van der Waals surface area contributed by atoms with Gasteiger partial charge in [0.15, 0.2) is 0 Å². The molecule has 0 unspecified atom stereocenters. The number of ether oxygens (including phenoxy) is 1. The lowest BCUT2D eigenvalue weighted by Crippen LogP contribution is -2.39. The first-order valence-corrected chi connectivity index (χ1v) is 5.54. The van der Waals surface area contributed by atoms with E-state index in [2.05, 4.69) is 25.3 Å². The SMILES string of the molecule is CCOC(=O)CNC(=O)NCc1nc(N)cc(=O)[nH]1. The zero-order valence-corrected chi connectivity index (χ0v) is 10.4. The molecule has 0 saturated heterocycles. The summed E-state index contributed by atoms with van der Waals surface area (Å²) >= 11 is 0. The Kier molecular flexibility index (Phi) is 5.33. The molecule has 1 heterocycles. The minimum Gasteiger partial charge on any atom is -0.465 e. The molecule has 2 amide bonds. The highest BCUT2D eigenvalue weighted by atomic mass is 16.5. The average molecular weight is 269 g/mol. The monoisotopic (exact) mass is 269 g/mol. The van der Waals surface area contributed by atoms with Gasteiger partial charge in [0, 0.05) is 6.07 Å². The highest BCUT2D eigenvalue weighted by molar-refractivity contribution is 5.80. The van der Waals surface area contributed by atoms with Crippen molar-refractivity contribution in [3.05, 3.63) is 22.2 Å². The summed E-state index contributed by atoms with van der Waals surface area (Å²) in [7, 11) is 0. The third kappa shape index (κ3) is 5.52. The van der Waals surface area contributed by atoms with Gasteiger partial charge in [0.25, 0.3) is 5.56 Å². The predicted octanol–water partition coefficient (Wildman–Crippen LogP) is -1.29. The zero-order valence-electron chi connectivity index (χ0n) is 10.4. The molecular weight excluding hydrogens is 254 g/mol. The van der Waals surface area contributed by atoms with Gasteiger partial charge in [-0.15, -0.1) is 0 Å². The van der Waals surface area contributed by atoms with Crippen molar-refractivity contribution < 1.29 is 14.3 Å². The zero-order chi connectivity index (χ0) is 14.3. The number of aromatic amines is 1. The Morgan fingerprint density at radius 3 is 2.84 bits per heavy atom. The van der Waals surface area contributed by atoms with E-state index in [1.54, 1.807) is 6.92 Å². The topological polar surface area (TPSA) is 139 Å². The summed E-state index contributed by atoms with van der Waals surface area (Å²) in [4.78, 5) is 39.6. The standard InChI is InChI=1S/C10H15N5O4/c1-2-19-9(17)5-13-10(18)12-4-7-14-6(11)3-8(16)15-7/h3H,2,4-5H2,1H3,(H2,12,13,18)(H3,11,14,15,16). The fourth-order valence-electron chi connectivity index (χ4n) is 1.20. The number of anilines is 1. The van der Waals surface area contributed by atoms with Crippen LogP contribution in [0, 0.1) is 0 Å². The minimum atomic E-state index is -0.585. The number of H-pyrrole nitrogens is 1. The van der Waals surface area contributed by atoms with E-state index in [1.165, 1.54) is 0 Å². The van der Waals surface area contributed by atoms with Crippen molar-refractivity contribution in [1.29, 1.82) is 0 Å². The summed E-state index contributed by atoms with van der Waals surface area (Å²) in [6, 6.07) is 0.544.